The molecule has 0 aliphatic heterocycles. The van der Waals surface area contributed by atoms with Crippen LogP contribution < -0.4 is 26.0 Å². The lowest BCUT2D eigenvalue weighted by atomic mass is 9.53. The van der Waals surface area contributed by atoms with Crippen LogP contribution in [0.1, 0.15) is 87.7 Å². The molecule has 4 N–H and O–H groups in total. The number of amides is 4. The molecule has 2 atom stereocenters. The minimum absolute atomic E-state index is 0.0349. The van der Waals surface area contributed by atoms with E-state index in [4.69, 9.17) is 9.47 Å². The molecule has 4 amide bonds. The van der Waals surface area contributed by atoms with Gasteiger partial charge < -0.3 is 30.7 Å². The van der Waals surface area contributed by atoms with Gasteiger partial charge in [0.1, 0.15) is 23.4 Å². The van der Waals surface area contributed by atoms with Crippen LogP contribution in [0.15, 0.2) is 84.2 Å². The number of fused-ring (bicyclic) bond motifs is 4. The lowest BCUT2D eigenvalue weighted by Gasteiger charge is -2.53. The number of carbonyl (C=O) groups is 4. The molecule has 3 fully saturated rings. The number of thiophene rings is 1. The van der Waals surface area contributed by atoms with Gasteiger partial charge in [-0.3, -0.25) is 14.4 Å². The normalized spacial score (nSPS) is 20.2. The van der Waals surface area contributed by atoms with Crippen molar-refractivity contribution >= 4 is 45.2 Å². The highest BCUT2D eigenvalue weighted by atomic mass is 32.1. The van der Waals surface area contributed by atoms with Gasteiger partial charge in [0.25, 0.3) is 5.91 Å². The molecular formula is C44H54N4O6S. The Bertz CT molecular complexity index is 1930. The standard InChI is InChI=1S/C44H54N4O6S/c1-5-53-33-17-15-30(16-18-33)25-35(47-38(49)31-11-7-6-8-12-31)40(51)48-36(26-32-27-55-37-14-10-9-13-34(32)37)39(50)45-28-43-19-22-44(23-20-43,24-21-43)29-46-41(52)54-42(2,3)4/h6-18,27,35-36H,5,19-26,28-29H2,1-4H3,(H,45,50)(H,46,52)(H,47,49)(H,48,51)/t35-,36+,43?,44?/m1/s1. The summed E-state index contributed by atoms with van der Waals surface area (Å²) in [6.45, 7) is 9.14. The minimum Gasteiger partial charge on any atom is -0.494 e. The quantitative estimate of drug-likeness (QED) is 0.100. The van der Waals surface area contributed by atoms with Gasteiger partial charge in [-0.1, -0.05) is 48.5 Å². The van der Waals surface area contributed by atoms with Gasteiger partial charge in [0.05, 0.1) is 6.61 Å². The third kappa shape index (κ3) is 10.4. The fraction of sp³-hybridized carbons (Fsp3) is 0.455. The van der Waals surface area contributed by atoms with Crippen LogP contribution in [0.5, 0.6) is 5.75 Å². The van der Waals surface area contributed by atoms with Crippen molar-refractivity contribution in [1.29, 1.82) is 0 Å². The second-order valence-corrected chi connectivity index (χ2v) is 17.2. The molecule has 0 saturated heterocycles. The largest absolute Gasteiger partial charge is 0.494 e. The molecule has 0 unspecified atom stereocenters. The summed E-state index contributed by atoms with van der Waals surface area (Å²) in [5, 5.41) is 15.4. The molecule has 7 rings (SSSR count). The van der Waals surface area contributed by atoms with Gasteiger partial charge in [0.2, 0.25) is 11.8 Å². The summed E-state index contributed by atoms with van der Waals surface area (Å²) in [4.78, 5) is 54.3. The van der Waals surface area contributed by atoms with E-state index < -0.39 is 23.6 Å². The van der Waals surface area contributed by atoms with Gasteiger partial charge in [0, 0.05) is 36.2 Å². The maximum absolute atomic E-state index is 14.3. The Morgan fingerprint density at radius 2 is 1.33 bits per heavy atom. The summed E-state index contributed by atoms with van der Waals surface area (Å²) in [7, 11) is 0. The fourth-order valence-corrected chi connectivity index (χ4v) is 8.88. The summed E-state index contributed by atoms with van der Waals surface area (Å²) in [6.07, 6.45) is 5.89. The van der Waals surface area contributed by atoms with Crippen molar-refractivity contribution in [3.63, 3.8) is 0 Å². The highest BCUT2D eigenvalue weighted by Crippen LogP contribution is 2.56. The molecule has 0 radical (unpaired) electrons. The van der Waals surface area contributed by atoms with Gasteiger partial charge in [-0.2, -0.15) is 0 Å². The number of alkyl carbamates (subject to hydrolysis) is 1. The Morgan fingerprint density at radius 3 is 1.96 bits per heavy atom. The number of carbonyl (C=O) groups excluding carboxylic acids is 4. The second kappa shape index (κ2) is 17.3. The summed E-state index contributed by atoms with van der Waals surface area (Å²) in [5.41, 5.74) is 1.72. The van der Waals surface area contributed by atoms with Gasteiger partial charge in [-0.25, -0.2) is 4.79 Å². The molecule has 3 saturated carbocycles. The summed E-state index contributed by atoms with van der Waals surface area (Å²) >= 11 is 1.61. The Balaban J connectivity index is 1.16. The van der Waals surface area contributed by atoms with Gasteiger partial charge >= 0.3 is 6.09 Å². The van der Waals surface area contributed by atoms with E-state index in [0.717, 1.165) is 65.5 Å². The average molecular weight is 767 g/mol. The Labute approximate surface area is 328 Å². The van der Waals surface area contributed by atoms with E-state index in [1.165, 1.54) is 0 Å². The van der Waals surface area contributed by atoms with Gasteiger partial charge in [-0.05, 0) is 129 Å². The molecule has 292 valence electrons. The first kappa shape index (κ1) is 39.8. The molecule has 0 spiro atoms. The van der Waals surface area contributed by atoms with Gasteiger partial charge in [-0.15, -0.1) is 11.3 Å². The van der Waals surface area contributed by atoms with Crippen molar-refractivity contribution in [3.05, 3.63) is 101 Å². The summed E-state index contributed by atoms with van der Waals surface area (Å²) in [5.74, 6) is -0.337. The van der Waals surface area contributed by atoms with Crippen LogP contribution in [0.3, 0.4) is 0 Å². The van der Waals surface area contributed by atoms with E-state index in [2.05, 4.69) is 32.7 Å². The van der Waals surface area contributed by atoms with E-state index in [9.17, 15) is 19.2 Å². The molecule has 3 aliphatic rings. The molecule has 10 nitrogen and oxygen atoms in total. The maximum Gasteiger partial charge on any atom is 0.407 e. The zero-order valence-corrected chi connectivity index (χ0v) is 33.2. The number of benzene rings is 3. The van der Waals surface area contributed by atoms with Crippen molar-refractivity contribution in [2.75, 3.05) is 19.7 Å². The van der Waals surface area contributed by atoms with Crippen molar-refractivity contribution in [3.8, 4) is 5.75 Å². The summed E-state index contributed by atoms with van der Waals surface area (Å²) in [6, 6.07) is 22.5. The monoisotopic (exact) mass is 766 g/mol. The highest BCUT2D eigenvalue weighted by Gasteiger charge is 2.49. The molecule has 1 aromatic heterocycles. The molecule has 1 heterocycles. The van der Waals surface area contributed by atoms with Crippen LogP contribution in [0, 0.1) is 10.8 Å². The van der Waals surface area contributed by atoms with E-state index in [0.29, 0.717) is 31.7 Å². The maximum atomic E-state index is 14.3. The van der Waals surface area contributed by atoms with E-state index in [1.54, 1.807) is 35.6 Å². The zero-order valence-electron chi connectivity index (χ0n) is 32.4. The molecule has 2 bridgehead atoms. The number of rotatable bonds is 15. The lowest BCUT2D eigenvalue weighted by Crippen LogP contribution is -2.57. The first-order valence-electron chi connectivity index (χ1n) is 19.4. The number of ether oxygens (including phenoxy) is 2. The van der Waals surface area contributed by atoms with E-state index >= 15 is 0 Å². The summed E-state index contributed by atoms with van der Waals surface area (Å²) < 4.78 is 12.2. The Hall–Kier alpha value is -4.90. The molecule has 55 heavy (non-hydrogen) atoms. The third-order valence-electron chi connectivity index (χ3n) is 11.2. The van der Waals surface area contributed by atoms with E-state index in [-0.39, 0.29) is 35.2 Å². The SMILES string of the molecule is CCOc1ccc(C[C@@H](NC(=O)c2ccccc2)C(=O)N[C@@H](Cc2csc3ccccc23)C(=O)NCC23CCC(CNC(=O)OC(C)(C)C)(CC2)CC3)cc1. The topological polar surface area (TPSA) is 135 Å². The van der Waals surface area contributed by atoms with Crippen LogP contribution >= 0.6 is 11.3 Å². The van der Waals surface area contributed by atoms with Crippen LogP contribution in [0.25, 0.3) is 10.1 Å². The van der Waals surface area contributed by atoms with Crippen LogP contribution in [0.4, 0.5) is 4.79 Å². The fourth-order valence-electron chi connectivity index (χ4n) is 7.90. The van der Waals surface area contributed by atoms with Gasteiger partial charge in [0.15, 0.2) is 0 Å². The highest BCUT2D eigenvalue weighted by molar-refractivity contribution is 7.17. The number of nitrogens with one attached hydrogen (secondary N) is 4. The molecule has 4 aromatic rings. The van der Waals surface area contributed by atoms with Crippen molar-refractivity contribution < 1.29 is 28.7 Å². The molecule has 11 heteroatoms. The first-order valence-corrected chi connectivity index (χ1v) is 20.3. The molecule has 3 aliphatic carbocycles. The van der Waals surface area contributed by atoms with Crippen molar-refractivity contribution in [2.45, 2.75) is 96.7 Å². The predicted molar refractivity (Wildman–Crippen MR) is 216 cm³/mol. The lowest BCUT2D eigenvalue weighted by molar-refractivity contribution is -0.130. The zero-order chi connectivity index (χ0) is 39.1. The molecule has 3 aromatic carbocycles. The van der Waals surface area contributed by atoms with Crippen molar-refractivity contribution in [2.24, 2.45) is 10.8 Å². The van der Waals surface area contributed by atoms with E-state index in [1.807, 2.05) is 76.2 Å². The molecular weight excluding hydrogens is 713 g/mol. The third-order valence-corrected chi connectivity index (χ3v) is 12.2. The van der Waals surface area contributed by atoms with Crippen LogP contribution in [-0.2, 0) is 27.2 Å². The number of hydrogen-bond donors (Lipinski definition) is 4. The average Bonchev–Trinajstić information content (AvgIpc) is 3.59. The van der Waals surface area contributed by atoms with Crippen molar-refractivity contribution in [1.82, 2.24) is 21.3 Å². The van der Waals surface area contributed by atoms with Crippen LogP contribution in [-0.4, -0.2) is 61.2 Å². The Kier molecular flexibility index (Phi) is 12.5. The smallest absolute Gasteiger partial charge is 0.407 e. The second-order valence-electron chi connectivity index (χ2n) is 16.3. The minimum atomic E-state index is -0.946. The Morgan fingerprint density at radius 1 is 0.727 bits per heavy atom. The first-order chi connectivity index (χ1) is 26.3. The number of hydrogen-bond acceptors (Lipinski definition) is 7. The van der Waals surface area contributed by atoms with Crippen LogP contribution in [0.2, 0.25) is 0 Å². The predicted octanol–water partition coefficient (Wildman–Crippen LogP) is 7.35.